The number of fused-ring (bicyclic) bond motifs is 2. The molecule has 4 aliphatic rings. The summed E-state index contributed by atoms with van der Waals surface area (Å²) in [6.07, 6.45) is 8.85. The molecule has 2 atom stereocenters. The number of dihydropyridines is 1. The molecule has 2 unspecified atom stereocenters. The van der Waals surface area contributed by atoms with Crippen LogP contribution in [0.1, 0.15) is 12.0 Å². The van der Waals surface area contributed by atoms with Gasteiger partial charge in [-0.25, -0.2) is 4.39 Å². The Hall–Kier alpha value is -3.08. The third-order valence-electron chi connectivity index (χ3n) is 5.72. The van der Waals surface area contributed by atoms with Crippen molar-refractivity contribution in [2.75, 3.05) is 24.7 Å². The fraction of sp³-hybridized carbons (Fsp3) is 0.318. The second kappa shape index (κ2) is 6.76. The first-order valence-electron chi connectivity index (χ1n) is 9.71. The molecule has 0 radical (unpaired) electrons. The zero-order valence-electron chi connectivity index (χ0n) is 15.8. The van der Waals surface area contributed by atoms with Crippen LogP contribution in [0.25, 0.3) is 0 Å². The van der Waals surface area contributed by atoms with Crippen LogP contribution in [0.3, 0.4) is 0 Å². The number of allylic oxidation sites excluding steroid dienone is 2. The summed E-state index contributed by atoms with van der Waals surface area (Å²) in [5.74, 6) is 0.366. The Kier molecular flexibility index (Phi) is 4.19. The zero-order valence-corrected chi connectivity index (χ0v) is 15.8. The van der Waals surface area contributed by atoms with Gasteiger partial charge in [-0.15, -0.1) is 0 Å². The number of nitrogens with zero attached hydrogens (tertiary/aromatic N) is 2. The van der Waals surface area contributed by atoms with Gasteiger partial charge in [-0.1, -0.05) is 6.07 Å². The number of nitriles is 1. The van der Waals surface area contributed by atoms with E-state index in [1.807, 2.05) is 23.1 Å². The fourth-order valence-electron chi connectivity index (χ4n) is 4.29. The molecule has 5 rings (SSSR count). The maximum atomic E-state index is 13.9. The molecule has 3 aliphatic heterocycles. The molecule has 3 N–H and O–H groups in total. The van der Waals surface area contributed by atoms with E-state index in [2.05, 4.69) is 11.4 Å². The second-order valence-electron chi connectivity index (χ2n) is 7.60. The fourth-order valence-corrected chi connectivity index (χ4v) is 4.29. The van der Waals surface area contributed by atoms with Crippen LogP contribution in [0.15, 0.2) is 65.2 Å². The monoisotopic (exact) mass is 392 g/mol. The molecule has 0 saturated carbocycles. The molecule has 1 aromatic carbocycles. The van der Waals surface area contributed by atoms with E-state index in [0.717, 1.165) is 29.7 Å². The van der Waals surface area contributed by atoms with Crippen molar-refractivity contribution in [3.05, 3.63) is 76.6 Å². The third kappa shape index (κ3) is 3.01. The van der Waals surface area contributed by atoms with Gasteiger partial charge in [0.25, 0.3) is 0 Å². The number of nitrogens with one attached hydrogen (secondary N) is 1. The maximum absolute atomic E-state index is 13.9. The van der Waals surface area contributed by atoms with Crippen LogP contribution in [0, 0.1) is 17.1 Å². The van der Waals surface area contributed by atoms with Crippen molar-refractivity contribution in [2.45, 2.75) is 24.6 Å². The molecule has 1 aliphatic carbocycles. The number of anilines is 1. The topological polar surface area (TPSA) is 83.5 Å². The van der Waals surface area contributed by atoms with Crippen LogP contribution >= 0.6 is 0 Å². The quantitative estimate of drug-likeness (QED) is 0.822. The molecule has 0 amide bonds. The number of nitrogens with two attached hydrogens (primary N) is 1. The molecule has 148 valence electrons. The molecule has 1 fully saturated rings. The Bertz CT molecular complexity index is 1030. The highest BCUT2D eigenvalue weighted by molar-refractivity contribution is 5.71. The number of rotatable bonds is 3. The largest absolute Gasteiger partial charge is 0.488 e. The lowest BCUT2D eigenvalue weighted by Crippen LogP contribution is -2.55. The van der Waals surface area contributed by atoms with E-state index in [0.29, 0.717) is 36.8 Å². The first-order chi connectivity index (χ1) is 14.1. The van der Waals surface area contributed by atoms with Gasteiger partial charge in [-0.2, -0.15) is 5.26 Å². The van der Waals surface area contributed by atoms with Crippen molar-refractivity contribution in [1.29, 1.82) is 5.26 Å². The van der Waals surface area contributed by atoms with Crippen LogP contribution in [-0.2, 0) is 15.9 Å². The highest BCUT2D eigenvalue weighted by Gasteiger charge is 2.39. The molecule has 1 aromatic rings. The summed E-state index contributed by atoms with van der Waals surface area (Å²) in [6, 6.07) is 7.03. The Labute approximate surface area is 168 Å². The molecule has 1 saturated heterocycles. The molecule has 3 heterocycles. The lowest BCUT2D eigenvalue weighted by Gasteiger charge is -2.39. The van der Waals surface area contributed by atoms with Gasteiger partial charge in [0.1, 0.15) is 29.4 Å². The first-order valence-corrected chi connectivity index (χ1v) is 9.71. The van der Waals surface area contributed by atoms with E-state index in [1.54, 1.807) is 12.3 Å². The predicted molar refractivity (Wildman–Crippen MR) is 106 cm³/mol. The van der Waals surface area contributed by atoms with Crippen LogP contribution < -0.4 is 16.0 Å². The molecule has 0 spiro atoms. The molecule has 29 heavy (non-hydrogen) atoms. The summed E-state index contributed by atoms with van der Waals surface area (Å²) in [5, 5.41) is 12.9. The van der Waals surface area contributed by atoms with Gasteiger partial charge >= 0.3 is 0 Å². The van der Waals surface area contributed by atoms with Crippen molar-refractivity contribution >= 4 is 5.69 Å². The average Bonchev–Trinajstić information content (AvgIpc) is 3.36. The Morgan fingerprint density at radius 2 is 2.28 bits per heavy atom. The minimum atomic E-state index is -1.02. The van der Waals surface area contributed by atoms with Gasteiger partial charge in [0, 0.05) is 36.5 Å². The van der Waals surface area contributed by atoms with Crippen LogP contribution in [0.2, 0.25) is 0 Å². The third-order valence-corrected chi connectivity index (χ3v) is 5.72. The highest BCUT2D eigenvalue weighted by atomic mass is 19.1. The minimum absolute atomic E-state index is 0.0155. The highest BCUT2D eigenvalue weighted by Crippen LogP contribution is 2.40. The summed E-state index contributed by atoms with van der Waals surface area (Å²) < 4.78 is 25.3. The summed E-state index contributed by atoms with van der Waals surface area (Å²) in [4.78, 5) is 1.99. The predicted octanol–water partition coefficient (Wildman–Crippen LogP) is 2.37. The molecule has 0 bridgehead atoms. The normalized spacial score (nSPS) is 27.6. The Morgan fingerprint density at radius 1 is 1.38 bits per heavy atom. The van der Waals surface area contributed by atoms with Crippen molar-refractivity contribution in [1.82, 2.24) is 5.32 Å². The van der Waals surface area contributed by atoms with Gasteiger partial charge in [0.05, 0.1) is 24.5 Å². The van der Waals surface area contributed by atoms with Crippen LogP contribution in [0.5, 0.6) is 0 Å². The Morgan fingerprint density at radius 3 is 3.07 bits per heavy atom. The van der Waals surface area contributed by atoms with Gasteiger partial charge in [-0.05, 0) is 36.3 Å². The Balaban J connectivity index is 1.55. The number of benzene rings is 1. The first kappa shape index (κ1) is 18.0. The van der Waals surface area contributed by atoms with E-state index in [-0.39, 0.29) is 11.9 Å². The van der Waals surface area contributed by atoms with Crippen molar-refractivity contribution in [3.8, 4) is 6.07 Å². The van der Waals surface area contributed by atoms with E-state index in [9.17, 15) is 9.65 Å². The zero-order chi connectivity index (χ0) is 20.0. The lowest BCUT2D eigenvalue weighted by atomic mass is 9.87. The van der Waals surface area contributed by atoms with Crippen LogP contribution in [-0.4, -0.2) is 31.5 Å². The molecule has 0 aromatic heterocycles. The minimum Gasteiger partial charge on any atom is -0.488 e. The maximum Gasteiger partial charge on any atom is 0.137 e. The van der Waals surface area contributed by atoms with E-state index >= 15 is 0 Å². The van der Waals surface area contributed by atoms with Gasteiger partial charge in [-0.3, -0.25) is 0 Å². The lowest BCUT2D eigenvalue weighted by molar-refractivity contribution is 0.0963. The molecular weight excluding hydrogens is 371 g/mol. The van der Waals surface area contributed by atoms with Gasteiger partial charge < -0.3 is 25.4 Å². The summed E-state index contributed by atoms with van der Waals surface area (Å²) in [6.45, 7) is 1.92. The molecular formula is C22H21FN4O2. The number of hydrogen-bond acceptors (Lipinski definition) is 6. The summed E-state index contributed by atoms with van der Waals surface area (Å²) in [5.41, 5.74) is 9.42. The summed E-state index contributed by atoms with van der Waals surface area (Å²) in [7, 11) is 0. The second-order valence-corrected chi connectivity index (χ2v) is 7.60. The number of hydrogen-bond donors (Lipinski definition) is 2. The average molecular weight is 392 g/mol. The number of halogens is 1. The van der Waals surface area contributed by atoms with Crippen molar-refractivity contribution < 1.29 is 13.9 Å². The van der Waals surface area contributed by atoms with Gasteiger partial charge in [0.15, 0.2) is 0 Å². The van der Waals surface area contributed by atoms with E-state index < -0.39 is 5.66 Å². The van der Waals surface area contributed by atoms with Crippen LogP contribution in [0.4, 0.5) is 10.1 Å². The molecule has 6 nitrogen and oxygen atoms in total. The van der Waals surface area contributed by atoms with E-state index in [4.69, 9.17) is 15.2 Å². The smallest absolute Gasteiger partial charge is 0.137 e. The molecule has 7 heteroatoms. The van der Waals surface area contributed by atoms with E-state index in [1.165, 1.54) is 12.1 Å². The van der Waals surface area contributed by atoms with Crippen molar-refractivity contribution in [2.24, 2.45) is 5.73 Å². The van der Waals surface area contributed by atoms with Crippen molar-refractivity contribution in [3.63, 3.8) is 0 Å². The standard InChI is InChI=1S/C22H21FN4O2/c23-16-2-1-14-5-7-27(20(14)9-16)21-15(11-24)12-26-22(25)10-17(3-4-19(21)22)29-18-6-8-28-13-18/h1-4,9-10,12,18,26H,5-8,13,25H2. The summed E-state index contributed by atoms with van der Waals surface area (Å²) >= 11 is 0. The number of ether oxygens (including phenoxy) is 2. The SMILES string of the molecule is N#CC1=CNC2(N)C=C(OC3CCOC3)C=CC2=C1N1CCc2ccc(F)cc21. The van der Waals surface area contributed by atoms with Gasteiger partial charge in [0.2, 0.25) is 0 Å².